The second-order valence-electron chi connectivity index (χ2n) is 6.99. The van der Waals surface area contributed by atoms with Gasteiger partial charge < -0.3 is 4.74 Å². The molecule has 0 radical (unpaired) electrons. The highest BCUT2D eigenvalue weighted by Gasteiger charge is 2.38. The number of sulfonamides is 1. The van der Waals surface area contributed by atoms with Crippen molar-refractivity contribution in [3.63, 3.8) is 0 Å². The summed E-state index contributed by atoms with van der Waals surface area (Å²) in [4.78, 5) is 0.240. The first-order chi connectivity index (χ1) is 13.6. The summed E-state index contributed by atoms with van der Waals surface area (Å²) in [6.45, 7) is 0.888. The number of methoxy groups -OCH3 is 1. The topological polar surface area (TPSA) is 64.4 Å². The number of hydrogen-bond donors (Lipinski definition) is 0. The van der Waals surface area contributed by atoms with Gasteiger partial charge in [0.25, 0.3) is 0 Å². The van der Waals surface area contributed by atoms with E-state index in [2.05, 4.69) is 5.10 Å². The lowest BCUT2D eigenvalue weighted by atomic mass is 10.2. The Morgan fingerprint density at radius 2 is 1.79 bits per heavy atom. The van der Waals surface area contributed by atoms with Crippen molar-refractivity contribution in [3.05, 3.63) is 78.1 Å². The van der Waals surface area contributed by atoms with E-state index in [4.69, 9.17) is 4.74 Å². The lowest BCUT2D eigenvalue weighted by Gasteiger charge is -2.21. The minimum Gasteiger partial charge on any atom is -0.497 e. The van der Waals surface area contributed by atoms with Gasteiger partial charge in [0.2, 0.25) is 10.0 Å². The highest BCUT2D eigenvalue weighted by Crippen LogP contribution is 2.33. The van der Waals surface area contributed by atoms with Crippen LogP contribution >= 0.6 is 0 Å². The minimum absolute atomic E-state index is 0.0598. The van der Waals surface area contributed by atoms with Crippen LogP contribution in [0, 0.1) is 0 Å². The number of aromatic nitrogens is 2. The predicted octanol–water partition coefficient (Wildman–Crippen LogP) is 3.29. The van der Waals surface area contributed by atoms with Gasteiger partial charge in [0, 0.05) is 18.8 Å². The second kappa shape index (κ2) is 7.77. The van der Waals surface area contributed by atoms with E-state index in [1.54, 1.807) is 22.3 Å². The Bertz CT molecular complexity index is 1030. The van der Waals surface area contributed by atoms with Crippen molar-refractivity contribution in [1.82, 2.24) is 14.1 Å². The van der Waals surface area contributed by atoms with Crippen LogP contribution in [0.2, 0.25) is 0 Å². The summed E-state index contributed by atoms with van der Waals surface area (Å²) in [5.41, 5.74) is 2.01. The molecule has 3 aromatic rings. The molecule has 0 atom stereocenters. The zero-order chi connectivity index (χ0) is 19.6. The molecule has 4 rings (SSSR count). The Morgan fingerprint density at radius 1 is 1.07 bits per heavy atom. The lowest BCUT2D eigenvalue weighted by molar-refractivity contribution is 0.397. The van der Waals surface area contributed by atoms with Crippen LogP contribution in [-0.4, -0.2) is 35.7 Å². The molecule has 1 heterocycles. The summed E-state index contributed by atoms with van der Waals surface area (Å²) in [6.07, 6.45) is 4.86. The molecule has 1 aliphatic rings. The first-order valence-electron chi connectivity index (χ1n) is 9.27. The SMILES string of the molecule is COc1ccc(CN(C2CC2)S(=O)(=O)c2cnn(Cc3ccccc3)c2)cc1. The minimum atomic E-state index is -3.60. The first kappa shape index (κ1) is 18.7. The molecule has 1 aliphatic carbocycles. The third-order valence-corrected chi connectivity index (χ3v) is 6.71. The maximum atomic E-state index is 13.3. The third kappa shape index (κ3) is 4.10. The average molecular weight is 398 g/mol. The molecule has 6 nitrogen and oxygen atoms in total. The monoisotopic (exact) mass is 397 g/mol. The van der Waals surface area contributed by atoms with Crippen LogP contribution in [0.15, 0.2) is 71.9 Å². The van der Waals surface area contributed by atoms with E-state index in [1.807, 2.05) is 54.6 Å². The summed E-state index contributed by atoms with van der Waals surface area (Å²) >= 11 is 0. The average Bonchev–Trinajstić information content (AvgIpc) is 3.44. The van der Waals surface area contributed by atoms with Crippen molar-refractivity contribution in [3.8, 4) is 5.75 Å². The molecule has 146 valence electrons. The first-order valence-corrected chi connectivity index (χ1v) is 10.7. The molecule has 0 bridgehead atoms. The number of ether oxygens (including phenoxy) is 1. The highest BCUT2D eigenvalue weighted by molar-refractivity contribution is 7.89. The van der Waals surface area contributed by atoms with Gasteiger partial charge in [-0.15, -0.1) is 0 Å². The molecule has 0 amide bonds. The number of hydrogen-bond acceptors (Lipinski definition) is 4. The Kier molecular flexibility index (Phi) is 5.19. The van der Waals surface area contributed by atoms with E-state index in [0.717, 1.165) is 29.7 Å². The molecule has 0 N–H and O–H groups in total. The van der Waals surface area contributed by atoms with E-state index < -0.39 is 10.0 Å². The van der Waals surface area contributed by atoms with Crippen molar-refractivity contribution < 1.29 is 13.2 Å². The smallest absolute Gasteiger partial charge is 0.246 e. The van der Waals surface area contributed by atoms with Gasteiger partial charge in [-0.3, -0.25) is 4.68 Å². The van der Waals surface area contributed by atoms with E-state index >= 15 is 0 Å². The van der Waals surface area contributed by atoms with Gasteiger partial charge in [0.15, 0.2) is 0 Å². The van der Waals surface area contributed by atoms with Crippen LogP contribution in [-0.2, 0) is 23.1 Å². The molecular weight excluding hydrogens is 374 g/mol. The highest BCUT2D eigenvalue weighted by atomic mass is 32.2. The van der Waals surface area contributed by atoms with Gasteiger partial charge in [0.1, 0.15) is 10.6 Å². The zero-order valence-electron chi connectivity index (χ0n) is 15.7. The van der Waals surface area contributed by atoms with Gasteiger partial charge in [-0.2, -0.15) is 9.40 Å². The molecular formula is C21H23N3O3S. The second-order valence-corrected chi connectivity index (χ2v) is 8.88. The molecule has 0 saturated heterocycles. The fourth-order valence-corrected chi connectivity index (χ4v) is 4.78. The summed E-state index contributed by atoms with van der Waals surface area (Å²) in [7, 11) is -1.99. The molecule has 0 aliphatic heterocycles. The predicted molar refractivity (Wildman–Crippen MR) is 107 cm³/mol. The number of rotatable bonds is 8. The van der Waals surface area contributed by atoms with Crippen molar-refractivity contribution in [2.24, 2.45) is 0 Å². The van der Waals surface area contributed by atoms with Crippen molar-refractivity contribution in [1.29, 1.82) is 0 Å². The summed E-state index contributed by atoms with van der Waals surface area (Å²) in [5, 5.41) is 4.26. The van der Waals surface area contributed by atoms with Crippen LogP contribution in [0.25, 0.3) is 0 Å². The van der Waals surface area contributed by atoms with E-state index in [1.165, 1.54) is 6.20 Å². The maximum absolute atomic E-state index is 13.3. The molecule has 28 heavy (non-hydrogen) atoms. The van der Waals surface area contributed by atoms with E-state index in [-0.39, 0.29) is 10.9 Å². The number of benzene rings is 2. The molecule has 2 aromatic carbocycles. The maximum Gasteiger partial charge on any atom is 0.246 e. The van der Waals surface area contributed by atoms with Gasteiger partial charge in [-0.25, -0.2) is 8.42 Å². The fourth-order valence-electron chi connectivity index (χ4n) is 3.15. The summed E-state index contributed by atoms with van der Waals surface area (Å²) in [5.74, 6) is 0.756. The van der Waals surface area contributed by atoms with E-state index in [0.29, 0.717) is 13.1 Å². The van der Waals surface area contributed by atoms with Crippen LogP contribution in [0.5, 0.6) is 5.75 Å². The van der Waals surface area contributed by atoms with Crippen LogP contribution in [0.4, 0.5) is 0 Å². The molecule has 1 aromatic heterocycles. The fraction of sp³-hybridized carbons (Fsp3) is 0.286. The molecule has 0 spiro atoms. The summed E-state index contributed by atoms with van der Waals surface area (Å²) in [6, 6.07) is 17.4. The van der Waals surface area contributed by atoms with Gasteiger partial charge in [-0.1, -0.05) is 42.5 Å². The van der Waals surface area contributed by atoms with Crippen LogP contribution in [0.3, 0.4) is 0 Å². The quantitative estimate of drug-likeness (QED) is 0.585. The Morgan fingerprint density at radius 3 is 2.43 bits per heavy atom. The summed E-state index contributed by atoms with van der Waals surface area (Å²) < 4.78 is 35.0. The van der Waals surface area contributed by atoms with Gasteiger partial charge >= 0.3 is 0 Å². The zero-order valence-corrected chi connectivity index (χ0v) is 16.5. The van der Waals surface area contributed by atoms with Crippen molar-refractivity contribution in [2.45, 2.75) is 36.9 Å². The molecule has 1 fully saturated rings. The Hall–Kier alpha value is -2.64. The largest absolute Gasteiger partial charge is 0.497 e. The normalized spacial score (nSPS) is 14.4. The Labute approximate surface area is 165 Å². The lowest BCUT2D eigenvalue weighted by Crippen LogP contribution is -2.32. The standard InChI is InChI=1S/C21H23N3O3S/c1-27-20-11-7-18(8-12-20)15-24(19-9-10-19)28(25,26)21-13-22-23(16-21)14-17-5-3-2-4-6-17/h2-8,11-13,16,19H,9-10,14-15H2,1H3. The van der Waals surface area contributed by atoms with Gasteiger partial charge in [0.05, 0.1) is 19.9 Å². The molecule has 0 unspecified atom stereocenters. The van der Waals surface area contributed by atoms with E-state index in [9.17, 15) is 8.42 Å². The van der Waals surface area contributed by atoms with Crippen molar-refractivity contribution >= 4 is 10.0 Å². The number of nitrogens with zero attached hydrogens (tertiary/aromatic N) is 3. The molecule has 1 saturated carbocycles. The van der Waals surface area contributed by atoms with Crippen molar-refractivity contribution in [2.75, 3.05) is 7.11 Å². The van der Waals surface area contributed by atoms with Crippen LogP contribution in [0.1, 0.15) is 24.0 Å². The molecule has 7 heteroatoms. The Balaban J connectivity index is 1.54. The third-order valence-electron chi connectivity index (χ3n) is 4.86. The van der Waals surface area contributed by atoms with Crippen LogP contribution < -0.4 is 4.74 Å². The van der Waals surface area contributed by atoms with Gasteiger partial charge in [-0.05, 0) is 36.1 Å².